The van der Waals surface area contributed by atoms with Gasteiger partial charge in [-0.05, 0) is 92.5 Å². The van der Waals surface area contributed by atoms with Crippen molar-refractivity contribution >= 4 is 88.0 Å². The molecule has 0 aromatic heterocycles. The highest BCUT2D eigenvalue weighted by Crippen LogP contribution is 2.34. The highest BCUT2D eigenvalue weighted by molar-refractivity contribution is 9.11. The number of carbonyl (C=O) groups excluding carboxylic acids is 2. The number of phenols is 2. The van der Waals surface area contributed by atoms with Crippen LogP contribution in [0.2, 0.25) is 0 Å². The second-order valence-electron chi connectivity index (χ2n) is 9.19. The highest BCUT2D eigenvalue weighted by atomic mass is 79.9. The summed E-state index contributed by atoms with van der Waals surface area (Å²) in [5, 5.41) is 27.5. The van der Waals surface area contributed by atoms with Gasteiger partial charge in [-0.3, -0.25) is 9.59 Å². The van der Waals surface area contributed by atoms with E-state index in [2.05, 4.69) is 84.8 Å². The lowest BCUT2D eigenvalue weighted by molar-refractivity contribution is 0.0947. The van der Waals surface area contributed by atoms with E-state index in [0.29, 0.717) is 54.2 Å². The molecule has 0 atom stereocenters. The summed E-state index contributed by atoms with van der Waals surface area (Å²) < 4.78 is 23.4. The van der Waals surface area contributed by atoms with Crippen LogP contribution in [-0.4, -0.2) is 48.0 Å². The number of ether oxygens (including phenoxy) is 4. The maximum atomic E-state index is 12.1. The van der Waals surface area contributed by atoms with Gasteiger partial charge in [0, 0.05) is 31.2 Å². The number of hydrogen-bond acceptors (Lipinski definition) is 10. The van der Waals surface area contributed by atoms with Gasteiger partial charge in [0.25, 0.3) is 11.8 Å². The molecule has 2 heterocycles. The minimum Gasteiger partial charge on any atom is -0.506 e. The van der Waals surface area contributed by atoms with Crippen molar-refractivity contribution in [3.05, 3.63) is 101 Å². The molecule has 2 amide bonds. The Bertz CT molecular complexity index is 1750. The van der Waals surface area contributed by atoms with Crippen LogP contribution in [0.5, 0.6) is 34.5 Å². The fourth-order valence-electron chi connectivity index (χ4n) is 3.89. The Morgan fingerprint density at radius 3 is 1.41 bits per heavy atom. The Morgan fingerprint density at radius 2 is 1.00 bits per heavy atom. The van der Waals surface area contributed by atoms with Crippen LogP contribution in [-0.2, 0) is 0 Å². The maximum Gasteiger partial charge on any atom is 0.271 e. The zero-order valence-electron chi connectivity index (χ0n) is 23.1. The average molecular weight is 884 g/mol. The second kappa shape index (κ2) is 15.0. The first-order valence-corrected chi connectivity index (χ1v) is 16.1. The summed E-state index contributed by atoms with van der Waals surface area (Å²) in [6.45, 7) is 0.297. The highest BCUT2D eigenvalue weighted by Gasteiger charge is 2.17. The summed E-state index contributed by atoms with van der Waals surface area (Å²) in [6.07, 6.45) is 2.71. The van der Waals surface area contributed by atoms with E-state index in [-0.39, 0.29) is 25.1 Å². The van der Waals surface area contributed by atoms with E-state index in [1.165, 1.54) is 12.4 Å². The van der Waals surface area contributed by atoms with Crippen LogP contribution in [0.25, 0.3) is 0 Å². The molecule has 0 saturated carbocycles. The molecular weight excluding hydrogens is 864 g/mol. The second-order valence-corrected chi connectivity index (χ2v) is 12.7. The fraction of sp³-hybridized carbons (Fsp3) is 0.0667. The number of amides is 2. The van der Waals surface area contributed by atoms with Gasteiger partial charge in [-0.25, -0.2) is 10.9 Å². The van der Waals surface area contributed by atoms with Gasteiger partial charge in [-0.2, -0.15) is 10.2 Å². The molecule has 12 nitrogen and oxygen atoms in total. The van der Waals surface area contributed by atoms with Crippen molar-refractivity contribution in [2.45, 2.75) is 0 Å². The van der Waals surface area contributed by atoms with Crippen molar-refractivity contribution in [1.29, 1.82) is 0 Å². The molecule has 46 heavy (non-hydrogen) atoms. The standard InChI is InChI=1S/2C15H10Br2N2O4/c2*16-10-3-9(14(20)11(17)5-10)6-18-19-15(21)8-1-2-12-13(4-8)23-7-22-12/h2*1-6,20H,7H2,(H,19,21)/b2*18-6+. The molecule has 2 aliphatic heterocycles. The predicted molar refractivity (Wildman–Crippen MR) is 182 cm³/mol. The number of nitrogens with zero attached hydrogens (tertiary/aromatic N) is 2. The van der Waals surface area contributed by atoms with E-state index in [1.54, 1.807) is 60.7 Å². The summed E-state index contributed by atoms with van der Waals surface area (Å²) in [5.74, 6) is 1.54. The quantitative estimate of drug-likeness (QED) is 0.121. The number of carbonyl (C=O) groups is 2. The van der Waals surface area contributed by atoms with E-state index in [0.717, 1.165) is 8.95 Å². The molecule has 0 aliphatic carbocycles. The Balaban J connectivity index is 0.000000181. The van der Waals surface area contributed by atoms with E-state index in [1.807, 2.05) is 0 Å². The third-order valence-electron chi connectivity index (χ3n) is 6.12. The minimum atomic E-state index is -0.395. The first-order valence-electron chi connectivity index (χ1n) is 12.9. The van der Waals surface area contributed by atoms with Gasteiger partial charge in [-0.1, -0.05) is 31.9 Å². The van der Waals surface area contributed by atoms with Crippen molar-refractivity contribution in [3.63, 3.8) is 0 Å². The summed E-state index contributed by atoms with van der Waals surface area (Å²) in [5.41, 5.74) is 6.49. The Morgan fingerprint density at radius 1 is 0.609 bits per heavy atom. The van der Waals surface area contributed by atoms with Crippen molar-refractivity contribution in [1.82, 2.24) is 10.9 Å². The largest absolute Gasteiger partial charge is 0.506 e. The molecule has 4 aromatic rings. The van der Waals surface area contributed by atoms with Gasteiger partial charge in [0.05, 0.1) is 21.4 Å². The van der Waals surface area contributed by atoms with E-state index in [9.17, 15) is 19.8 Å². The molecule has 0 unspecified atom stereocenters. The molecule has 236 valence electrons. The van der Waals surface area contributed by atoms with Crippen molar-refractivity contribution in [3.8, 4) is 34.5 Å². The Kier molecular flexibility index (Phi) is 10.8. The lowest BCUT2D eigenvalue weighted by Gasteiger charge is -2.04. The zero-order chi connectivity index (χ0) is 32.8. The molecular formula is C30H20Br4N4O8. The number of fused-ring (bicyclic) bond motifs is 2. The summed E-state index contributed by atoms with van der Waals surface area (Å²) in [7, 11) is 0. The van der Waals surface area contributed by atoms with Gasteiger partial charge in [0.2, 0.25) is 13.6 Å². The SMILES string of the molecule is O=C(N/N=C/c1cc(Br)cc(Br)c1O)c1ccc2c(c1)OCO2.O=C(N/N=C/c1cc(Br)cc(Br)c1O)c1ccc2c(c1)OCO2. The summed E-state index contributed by atoms with van der Waals surface area (Å²) in [6, 6.07) is 16.5. The molecule has 4 N–H and O–H groups in total. The van der Waals surface area contributed by atoms with Gasteiger partial charge in [0.1, 0.15) is 11.5 Å². The van der Waals surface area contributed by atoms with E-state index in [4.69, 9.17) is 18.9 Å². The normalized spacial score (nSPS) is 12.6. The Hall–Kier alpha value is -4.12. The molecule has 16 heteroatoms. The van der Waals surface area contributed by atoms with Gasteiger partial charge in [-0.15, -0.1) is 0 Å². The van der Waals surface area contributed by atoms with Crippen LogP contribution < -0.4 is 29.8 Å². The third-order valence-corrected chi connectivity index (χ3v) is 8.25. The van der Waals surface area contributed by atoms with E-state index < -0.39 is 11.8 Å². The third kappa shape index (κ3) is 8.17. The van der Waals surface area contributed by atoms with Crippen molar-refractivity contribution in [2.75, 3.05) is 13.6 Å². The summed E-state index contributed by atoms with van der Waals surface area (Å²) in [4.78, 5) is 24.1. The smallest absolute Gasteiger partial charge is 0.271 e. The molecule has 0 bridgehead atoms. The first-order chi connectivity index (χ1) is 22.1. The van der Waals surface area contributed by atoms with Gasteiger partial charge >= 0.3 is 0 Å². The number of halogens is 4. The van der Waals surface area contributed by atoms with E-state index >= 15 is 0 Å². The minimum absolute atomic E-state index is 0.0364. The van der Waals surface area contributed by atoms with Crippen LogP contribution in [0.1, 0.15) is 31.8 Å². The Labute approximate surface area is 294 Å². The number of phenolic OH excluding ortho intramolecular Hbond substituents is 2. The molecule has 0 spiro atoms. The number of hydrogen-bond donors (Lipinski definition) is 4. The van der Waals surface area contributed by atoms with Crippen LogP contribution in [0.4, 0.5) is 0 Å². The molecule has 0 radical (unpaired) electrons. The molecule has 6 rings (SSSR count). The lowest BCUT2D eigenvalue weighted by atomic mass is 10.2. The van der Waals surface area contributed by atoms with Gasteiger partial charge < -0.3 is 29.2 Å². The molecule has 4 aromatic carbocycles. The van der Waals surface area contributed by atoms with Crippen molar-refractivity contribution < 1.29 is 38.7 Å². The monoisotopic (exact) mass is 880 g/mol. The number of rotatable bonds is 6. The first kappa shape index (κ1) is 33.2. The predicted octanol–water partition coefficient (Wildman–Crippen LogP) is 6.82. The van der Waals surface area contributed by atoms with Crippen LogP contribution in [0.3, 0.4) is 0 Å². The topological polar surface area (TPSA) is 160 Å². The van der Waals surface area contributed by atoms with Gasteiger partial charge in [0.15, 0.2) is 23.0 Å². The summed E-state index contributed by atoms with van der Waals surface area (Å²) >= 11 is 13.1. The number of nitrogens with one attached hydrogen (secondary N) is 2. The van der Waals surface area contributed by atoms with Crippen LogP contribution in [0, 0.1) is 0 Å². The van der Waals surface area contributed by atoms with Crippen LogP contribution in [0.15, 0.2) is 88.8 Å². The number of aromatic hydroxyl groups is 2. The maximum absolute atomic E-state index is 12.1. The zero-order valence-corrected chi connectivity index (χ0v) is 29.4. The molecule has 0 fully saturated rings. The molecule has 0 saturated heterocycles. The fourth-order valence-corrected chi connectivity index (χ4v) is 6.41. The lowest BCUT2D eigenvalue weighted by Crippen LogP contribution is -2.17. The number of benzene rings is 4. The molecule has 2 aliphatic rings. The average Bonchev–Trinajstić information content (AvgIpc) is 3.71. The number of hydrazone groups is 2. The van der Waals surface area contributed by atoms with Crippen molar-refractivity contribution in [2.24, 2.45) is 10.2 Å². The van der Waals surface area contributed by atoms with Crippen LogP contribution >= 0.6 is 63.7 Å².